The van der Waals surface area contributed by atoms with Gasteiger partial charge in [0.05, 0.1) is 6.54 Å². The highest BCUT2D eigenvalue weighted by molar-refractivity contribution is 5.82. The highest BCUT2D eigenvalue weighted by Crippen LogP contribution is 2.21. The number of aromatic nitrogens is 3. The van der Waals surface area contributed by atoms with Crippen LogP contribution in [0.2, 0.25) is 0 Å². The molecule has 1 fully saturated rings. The molecule has 0 spiro atoms. The standard InChI is InChI=1S/C12H12F3N5O/c13-12(14,15)7-19-5-4-18(6-11(19)21)10-3-1-2-9-17-16-8-20(9)10/h1-3,8H,4-7H2. The molecule has 9 heteroatoms. The lowest BCUT2D eigenvalue weighted by Crippen LogP contribution is -2.53. The molecule has 112 valence electrons. The number of anilines is 1. The van der Waals surface area contributed by atoms with Gasteiger partial charge in [-0.05, 0) is 12.1 Å². The predicted octanol–water partition coefficient (Wildman–Crippen LogP) is 0.940. The topological polar surface area (TPSA) is 53.7 Å². The average molecular weight is 299 g/mol. The van der Waals surface area contributed by atoms with Crippen molar-refractivity contribution in [3.05, 3.63) is 24.5 Å². The molecule has 0 radical (unpaired) electrons. The first kappa shape index (κ1) is 13.7. The molecule has 1 aliphatic rings. The molecule has 1 saturated heterocycles. The molecule has 3 heterocycles. The lowest BCUT2D eigenvalue weighted by Gasteiger charge is -2.35. The third-order valence-electron chi connectivity index (χ3n) is 3.32. The van der Waals surface area contributed by atoms with Gasteiger partial charge in [0.15, 0.2) is 5.65 Å². The van der Waals surface area contributed by atoms with Crippen LogP contribution in [0, 0.1) is 0 Å². The minimum absolute atomic E-state index is 0.0385. The van der Waals surface area contributed by atoms with E-state index in [-0.39, 0.29) is 13.1 Å². The number of carbonyl (C=O) groups excluding carboxylic acids is 1. The van der Waals surface area contributed by atoms with E-state index in [0.717, 1.165) is 4.90 Å². The molecule has 0 aliphatic carbocycles. The Kier molecular flexibility index (Phi) is 3.19. The molecule has 21 heavy (non-hydrogen) atoms. The van der Waals surface area contributed by atoms with Gasteiger partial charge < -0.3 is 9.80 Å². The van der Waals surface area contributed by atoms with E-state index < -0.39 is 18.6 Å². The van der Waals surface area contributed by atoms with Crippen LogP contribution in [0.25, 0.3) is 5.65 Å². The van der Waals surface area contributed by atoms with Crippen molar-refractivity contribution >= 4 is 17.4 Å². The highest BCUT2D eigenvalue weighted by atomic mass is 19.4. The van der Waals surface area contributed by atoms with Crippen molar-refractivity contribution < 1.29 is 18.0 Å². The molecule has 0 unspecified atom stereocenters. The summed E-state index contributed by atoms with van der Waals surface area (Å²) in [6, 6.07) is 5.31. The molecule has 0 aromatic carbocycles. The van der Waals surface area contributed by atoms with E-state index in [0.29, 0.717) is 18.0 Å². The third-order valence-corrected chi connectivity index (χ3v) is 3.32. The number of hydrogen-bond acceptors (Lipinski definition) is 4. The van der Waals surface area contributed by atoms with Gasteiger partial charge in [0, 0.05) is 13.1 Å². The Morgan fingerprint density at radius 2 is 2.05 bits per heavy atom. The zero-order valence-electron chi connectivity index (χ0n) is 10.9. The Morgan fingerprint density at radius 1 is 1.24 bits per heavy atom. The minimum atomic E-state index is -4.37. The number of pyridine rings is 1. The maximum absolute atomic E-state index is 12.4. The number of hydrogen-bond donors (Lipinski definition) is 0. The van der Waals surface area contributed by atoms with Gasteiger partial charge >= 0.3 is 6.18 Å². The molecule has 1 aliphatic heterocycles. The smallest absolute Gasteiger partial charge is 0.347 e. The number of alkyl halides is 3. The number of rotatable bonds is 2. The maximum atomic E-state index is 12.4. The first-order valence-corrected chi connectivity index (χ1v) is 6.32. The average Bonchev–Trinajstić information content (AvgIpc) is 2.88. The number of piperazine rings is 1. The van der Waals surface area contributed by atoms with E-state index >= 15 is 0 Å². The summed E-state index contributed by atoms with van der Waals surface area (Å²) < 4.78 is 38.8. The summed E-state index contributed by atoms with van der Waals surface area (Å²) in [6.07, 6.45) is -2.86. The second-order valence-electron chi connectivity index (χ2n) is 4.80. The molecular formula is C12H12F3N5O. The fourth-order valence-electron chi connectivity index (χ4n) is 2.38. The van der Waals surface area contributed by atoms with Crippen LogP contribution in [0.4, 0.5) is 19.0 Å². The zero-order chi connectivity index (χ0) is 15.0. The van der Waals surface area contributed by atoms with E-state index in [2.05, 4.69) is 10.2 Å². The van der Waals surface area contributed by atoms with Crippen molar-refractivity contribution in [2.24, 2.45) is 0 Å². The van der Waals surface area contributed by atoms with Crippen LogP contribution in [-0.4, -0.2) is 57.8 Å². The van der Waals surface area contributed by atoms with Crippen LogP contribution < -0.4 is 4.90 Å². The van der Waals surface area contributed by atoms with Crippen molar-refractivity contribution in [1.82, 2.24) is 19.5 Å². The van der Waals surface area contributed by atoms with Crippen LogP contribution in [-0.2, 0) is 4.79 Å². The van der Waals surface area contributed by atoms with Crippen molar-refractivity contribution in [2.45, 2.75) is 6.18 Å². The second kappa shape index (κ2) is 4.90. The number of nitrogens with zero attached hydrogens (tertiary/aromatic N) is 5. The van der Waals surface area contributed by atoms with Crippen molar-refractivity contribution in [2.75, 3.05) is 31.1 Å². The first-order valence-electron chi connectivity index (χ1n) is 6.32. The Balaban J connectivity index is 1.78. The predicted molar refractivity (Wildman–Crippen MR) is 67.8 cm³/mol. The molecular weight excluding hydrogens is 287 g/mol. The van der Waals surface area contributed by atoms with E-state index in [1.807, 2.05) is 0 Å². The monoisotopic (exact) mass is 299 g/mol. The van der Waals surface area contributed by atoms with E-state index in [1.54, 1.807) is 27.5 Å². The number of halogens is 3. The summed E-state index contributed by atoms with van der Waals surface area (Å²) in [5.41, 5.74) is 0.623. The lowest BCUT2D eigenvalue weighted by atomic mass is 10.3. The molecule has 1 amide bonds. The van der Waals surface area contributed by atoms with Crippen LogP contribution in [0.1, 0.15) is 0 Å². The van der Waals surface area contributed by atoms with Crippen molar-refractivity contribution in [3.8, 4) is 0 Å². The van der Waals surface area contributed by atoms with Gasteiger partial charge in [0.1, 0.15) is 18.7 Å². The van der Waals surface area contributed by atoms with Gasteiger partial charge in [0.2, 0.25) is 5.91 Å². The summed E-state index contributed by atoms with van der Waals surface area (Å²) in [7, 11) is 0. The summed E-state index contributed by atoms with van der Waals surface area (Å²) in [6.45, 7) is -0.917. The molecule has 0 bridgehead atoms. The summed E-state index contributed by atoms with van der Waals surface area (Å²) in [5.74, 6) is 0.154. The van der Waals surface area contributed by atoms with Gasteiger partial charge in [-0.3, -0.25) is 9.20 Å². The zero-order valence-corrected chi connectivity index (χ0v) is 10.9. The second-order valence-corrected chi connectivity index (χ2v) is 4.80. The molecule has 0 N–H and O–H groups in total. The highest BCUT2D eigenvalue weighted by Gasteiger charge is 2.35. The van der Waals surface area contributed by atoms with Gasteiger partial charge in [0.25, 0.3) is 0 Å². The van der Waals surface area contributed by atoms with Gasteiger partial charge in [-0.2, -0.15) is 13.2 Å². The molecule has 3 rings (SSSR count). The van der Waals surface area contributed by atoms with Crippen LogP contribution in [0.5, 0.6) is 0 Å². The minimum Gasteiger partial charge on any atom is -0.347 e. The molecule has 2 aromatic heterocycles. The van der Waals surface area contributed by atoms with E-state index in [9.17, 15) is 18.0 Å². The molecule has 0 atom stereocenters. The Hall–Kier alpha value is -2.32. The van der Waals surface area contributed by atoms with E-state index in [4.69, 9.17) is 0 Å². The number of carbonyl (C=O) groups is 1. The van der Waals surface area contributed by atoms with Crippen molar-refractivity contribution in [1.29, 1.82) is 0 Å². The lowest BCUT2D eigenvalue weighted by molar-refractivity contribution is -0.161. The largest absolute Gasteiger partial charge is 0.406 e. The molecule has 2 aromatic rings. The van der Waals surface area contributed by atoms with Crippen LogP contribution in [0.15, 0.2) is 24.5 Å². The molecule has 6 nitrogen and oxygen atoms in total. The van der Waals surface area contributed by atoms with Gasteiger partial charge in [-0.1, -0.05) is 6.07 Å². The fraction of sp³-hybridized carbons (Fsp3) is 0.417. The SMILES string of the molecule is O=C1CN(c2cccc3nncn23)CCN1CC(F)(F)F. The normalized spacial score (nSPS) is 16.8. The maximum Gasteiger partial charge on any atom is 0.406 e. The number of fused-ring (bicyclic) bond motifs is 1. The quantitative estimate of drug-likeness (QED) is 0.828. The van der Waals surface area contributed by atoms with E-state index in [1.165, 1.54) is 6.33 Å². The number of amides is 1. The fourth-order valence-corrected chi connectivity index (χ4v) is 2.38. The van der Waals surface area contributed by atoms with Gasteiger partial charge in [-0.15, -0.1) is 10.2 Å². The summed E-state index contributed by atoms with van der Waals surface area (Å²) in [4.78, 5) is 14.4. The van der Waals surface area contributed by atoms with Crippen molar-refractivity contribution in [3.63, 3.8) is 0 Å². The van der Waals surface area contributed by atoms with Crippen LogP contribution >= 0.6 is 0 Å². The van der Waals surface area contributed by atoms with Gasteiger partial charge in [-0.25, -0.2) is 0 Å². The summed E-state index contributed by atoms with van der Waals surface area (Å²) in [5, 5.41) is 7.68. The summed E-state index contributed by atoms with van der Waals surface area (Å²) >= 11 is 0. The Bertz CT molecular complexity index is 668. The Labute approximate surface area is 117 Å². The Morgan fingerprint density at radius 3 is 2.76 bits per heavy atom. The third kappa shape index (κ3) is 2.76. The van der Waals surface area contributed by atoms with Crippen LogP contribution in [0.3, 0.4) is 0 Å². The molecule has 0 saturated carbocycles. The first-order chi connectivity index (χ1) is 9.94.